The van der Waals surface area contributed by atoms with Gasteiger partial charge in [-0.15, -0.1) is 0 Å². The number of ether oxygens (including phenoxy) is 1. The number of nitrogens with one attached hydrogen (secondary N) is 2. The van der Waals surface area contributed by atoms with Crippen LogP contribution in [-0.2, 0) is 4.79 Å². The summed E-state index contributed by atoms with van der Waals surface area (Å²) in [7, 11) is 3.67. The van der Waals surface area contributed by atoms with Gasteiger partial charge in [-0.3, -0.25) is 9.59 Å². The number of rotatable bonds is 7. The minimum absolute atomic E-state index is 0.201. The van der Waals surface area contributed by atoms with Gasteiger partial charge in [-0.25, -0.2) is 0 Å². The largest absolute Gasteiger partial charge is 0.484 e. The number of oxazole rings is 1. The van der Waals surface area contributed by atoms with Gasteiger partial charge in [0.2, 0.25) is 0 Å². The molecular weight excluding hydrogens is 400 g/mol. The van der Waals surface area contributed by atoms with Gasteiger partial charge in [0.05, 0.1) is 6.26 Å². The first-order valence-corrected chi connectivity index (χ1v) is 9.43. The lowest BCUT2D eigenvalue weighted by Crippen LogP contribution is -2.20. The Balaban J connectivity index is 1.34. The van der Waals surface area contributed by atoms with E-state index in [0.717, 1.165) is 0 Å². The van der Waals surface area contributed by atoms with Crippen molar-refractivity contribution in [3.8, 4) is 5.75 Å². The number of nitrogens with zero attached hydrogens (tertiary/aromatic N) is 2. The van der Waals surface area contributed by atoms with Crippen LogP contribution in [0.4, 0.5) is 17.4 Å². The van der Waals surface area contributed by atoms with E-state index >= 15 is 0 Å². The summed E-state index contributed by atoms with van der Waals surface area (Å²) in [5, 5.41) is 5.47. The third-order valence-electron chi connectivity index (χ3n) is 4.25. The molecule has 2 aromatic carbocycles. The molecule has 2 amide bonds. The van der Waals surface area contributed by atoms with Crippen LogP contribution < -0.4 is 20.3 Å². The Labute approximate surface area is 177 Å². The van der Waals surface area contributed by atoms with Crippen LogP contribution in [0.5, 0.6) is 5.75 Å². The average Bonchev–Trinajstić information content (AvgIpc) is 3.42. The predicted molar refractivity (Wildman–Crippen MR) is 116 cm³/mol. The highest BCUT2D eigenvalue weighted by atomic mass is 16.5. The number of anilines is 3. The minimum Gasteiger partial charge on any atom is -0.484 e. The number of fused-ring (bicyclic) bond motifs is 1. The van der Waals surface area contributed by atoms with E-state index in [9.17, 15) is 9.59 Å². The van der Waals surface area contributed by atoms with Crippen LogP contribution in [0.2, 0.25) is 0 Å². The van der Waals surface area contributed by atoms with Gasteiger partial charge in [0.25, 0.3) is 17.8 Å². The van der Waals surface area contributed by atoms with Crippen LogP contribution in [0.25, 0.3) is 11.1 Å². The summed E-state index contributed by atoms with van der Waals surface area (Å²) in [6.07, 6.45) is 1.42. The van der Waals surface area contributed by atoms with Crippen LogP contribution in [0.1, 0.15) is 10.6 Å². The van der Waals surface area contributed by atoms with Gasteiger partial charge in [-0.05, 0) is 36.4 Å². The lowest BCUT2D eigenvalue weighted by atomic mass is 10.3. The summed E-state index contributed by atoms with van der Waals surface area (Å²) in [5.41, 5.74) is 2.36. The van der Waals surface area contributed by atoms with Crippen molar-refractivity contribution in [3.63, 3.8) is 0 Å². The van der Waals surface area contributed by atoms with E-state index in [1.165, 1.54) is 6.26 Å². The molecule has 0 bridgehead atoms. The van der Waals surface area contributed by atoms with Crippen LogP contribution in [-0.4, -0.2) is 37.5 Å². The van der Waals surface area contributed by atoms with Gasteiger partial charge in [0, 0.05) is 37.6 Å². The third kappa shape index (κ3) is 4.84. The molecule has 2 heterocycles. The molecule has 0 saturated carbocycles. The summed E-state index contributed by atoms with van der Waals surface area (Å²) < 4.78 is 16.3. The molecule has 9 heteroatoms. The molecule has 0 saturated heterocycles. The van der Waals surface area contributed by atoms with E-state index in [1.54, 1.807) is 59.5 Å². The van der Waals surface area contributed by atoms with E-state index < -0.39 is 0 Å². The number of hydrogen-bond acceptors (Lipinski definition) is 7. The molecule has 31 heavy (non-hydrogen) atoms. The van der Waals surface area contributed by atoms with Crippen molar-refractivity contribution < 1.29 is 23.2 Å². The lowest BCUT2D eigenvalue weighted by Gasteiger charge is -2.09. The maximum absolute atomic E-state index is 12.3. The number of carbonyl (C=O) groups excluding carboxylic acids is 2. The molecule has 0 atom stereocenters. The Morgan fingerprint density at radius 1 is 1.03 bits per heavy atom. The summed E-state index contributed by atoms with van der Waals surface area (Å²) in [6.45, 7) is -0.201. The zero-order chi connectivity index (χ0) is 21.8. The Morgan fingerprint density at radius 2 is 1.87 bits per heavy atom. The zero-order valence-corrected chi connectivity index (χ0v) is 16.9. The van der Waals surface area contributed by atoms with Crippen molar-refractivity contribution in [3.05, 3.63) is 66.6 Å². The number of carbonyl (C=O) groups is 2. The van der Waals surface area contributed by atoms with Crippen molar-refractivity contribution >= 4 is 40.3 Å². The third-order valence-corrected chi connectivity index (χ3v) is 4.25. The van der Waals surface area contributed by atoms with E-state index in [4.69, 9.17) is 13.6 Å². The fraction of sp³-hybridized carbons (Fsp3) is 0.136. The SMILES string of the molecule is CN(C)c1nc2ccc(NC(=O)COc3cccc(NC(=O)c4ccco4)c3)cc2o1. The maximum atomic E-state index is 12.3. The monoisotopic (exact) mass is 420 g/mol. The number of hydrogen-bond donors (Lipinski definition) is 2. The molecule has 0 aliphatic rings. The highest BCUT2D eigenvalue weighted by Crippen LogP contribution is 2.24. The molecule has 4 aromatic rings. The fourth-order valence-electron chi connectivity index (χ4n) is 2.79. The normalized spacial score (nSPS) is 10.6. The molecule has 158 valence electrons. The lowest BCUT2D eigenvalue weighted by molar-refractivity contribution is -0.118. The molecule has 0 spiro atoms. The molecule has 0 aliphatic heterocycles. The highest BCUT2D eigenvalue weighted by molar-refractivity contribution is 6.02. The predicted octanol–water partition coefficient (Wildman–Crippen LogP) is 3.76. The minimum atomic E-state index is -0.375. The van der Waals surface area contributed by atoms with E-state index in [2.05, 4.69) is 15.6 Å². The molecule has 0 radical (unpaired) electrons. The summed E-state index contributed by atoms with van der Waals surface area (Å²) in [6, 6.07) is 15.6. The Hall–Kier alpha value is -4.27. The van der Waals surface area contributed by atoms with Crippen LogP contribution in [0.3, 0.4) is 0 Å². The van der Waals surface area contributed by atoms with E-state index in [-0.39, 0.29) is 24.2 Å². The molecule has 4 rings (SSSR count). The van der Waals surface area contributed by atoms with Gasteiger partial charge in [0.15, 0.2) is 18.0 Å². The van der Waals surface area contributed by atoms with Gasteiger partial charge < -0.3 is 29.1 Å². The van der Waals surface area contributed by atoms with E-state index in [1.807, 2.05) is 14.1 Å². The first kappa shape index (κ1) is 20.0. The van der Waals surface area contributed by atoms with Gasteiger partial charge in [0.1, 0.15) is 11.3 Å². The van der Waals surface area contributed by atoms with Crippen LogP contribution >= 0.6 is 0 Å². The molecular formula is C22H20N4O5. The Kier molecular flexibility index (Phi) is 5.57. The van der Waals surface area contributed by atoms with Crippen molar-refractivity contribution in [1.82, 2.24) is 4.98 Å². The van der Waals surface area contributed by atoms with Crippen molar-refractivity contribution in [2.24, 2.45) is 0 Å². The second-order valence-electron chi connectivity index (χ2n) is 6.87. The first-order chi connectivity index (χ1) is 15.0. The summed E-state index contributed by atoms with van der Waals surface area (Å²) in [5.74, 6) is -0.0716. The summed E-state index contributed by atoms with van der Waals surface area (Å²) >= 11 is 0. The summed E-state index contributed by atoms with van der Waals surface area (Å²) in [4.78, 5) is 30.4. The van der Waals surface area contributed by atoms with E-state index in [0.29, 0.717) is 34.2 Å². The van der Waals surface area contributed by atoms with Crippen molar-refractivity contribution in [2.45, 2.75) is 0 Å². The standard InChI is InChI=1S/C22H20N4O5/c1-26(2)22-25-17-9-8-15(12-19(17)31-22)23-20(27)13-30-16-6-3-5-14(11-16)24-21(28)18-7-4-10-29-18/h3-12H,13H2,1-2H3,(H,23,27)(H,24,28). The fourth-order valence-corrected chi connectivity index (χ4v) is 2.79. The average molecular weight is 420 g/mol. The first-order valence-electron chi connectivity index (χ1n) is 9.43. The number of furan rings is 1. The zero-order valence-electron chi connectivity index (χ0n) is 16.9. The number of benzene rings is 2. The second-order valence-corrected chi connectivity index (χ2v) is 6.87. The molecule has 0 fully saturated rings. The van der Waals surface area contributed by atoms with Crippen LogP contribution in [0, 0.1) is 0 Å². The van der Waals surface area contributed by atoms with Gasteiger partial charge in [-0.2, -0.15) is 4.98 Å². The second kappa shape index (κ2) is 8.62. The quantitative estimate of drug-likeness (QED) is 0.468. The van der Waals surface area contributed by atoms with Crippen molar-refractivity contribution in [2.75, 3.05) is 36.2 Å². The smallest absolute Gasteiger partial charge is 0.297 e. The molecule has 2 aromatic heterocycles. The van der Waals surface area contributed by atoms with Gasteiger partial charge >= 0.3 is 0 Å². The number of amides is 2. The van der Waals surface area contributed by atoms with Crippen LogP contribution in [0.15, 0.2) is 69.7 Å². The molecule has 2 N–H and O–H groups in total. The Morgan fingerprint density at radius 3 is 2.65 bits per heavy atom. The molecule has 0 unspecified atom stereocenters. The molecule has 0 aliphatic carbocycles. The highest BCUT2D eigenvalue weighted by Gasteiger charge is 2.11. The Bertz CT molecular complexity index is 1210. The van der Waals surface area contributed by atoms with Gasteiger partial charge in [-0.1, -0.05) is 6.07 Å². The number of aromatic nitrogens is 1. The maximum Gasteiger partial charge on any atom is 0.297 e. The molecule has 9 nitrogen and oxygen atoms in total. The topological polar surface area (TPSA) is 110 Å². The van der Waals surface area contributed by atoms with Crippen molar-refractivity contribution in [1.29, 1.82) is 0 Å².